The Morgan fingerprint density at radius 2 is 1.88 bits per heavy atom. The molecule has 1 saturated carbocycles. The summed E-state index contributed by atoms with van der Waals surface area (Å²) in [5.41, 5.74) is 7.71. The summed E-state index contributed by atoms with van der Waals surface area (Å²) in [7, 11) is 0. The van der Waals surface area contributed by atoms with Crippen LogP contribution in [0.5, 0.6) is 0 Å². The minimum Gasteiger partial charge on any atom is -0.323 e. The third kappa shape index (κ3) is 1.63. The molecule has 0 bridgehead atoms. The van der Waals surface area contributed by atoms with Crippen molar-refractivity contribution < 1.29 is 4.79 Å². The van der Waals surface area contributed by atoms with Crippen molar-refractivity contribution in [3.63, 3.8) is 0 Å². The first-order valence-corrected chi connectivity index (χ1v) is 5.36. The lowest BCUT2D eigenvalue weighted by Crippen LogP contribution is -2.34. The molecule has 0 radical (unpaired) electrons. The largest absolute Gasteiger partial charge is 0.323 e. The number of nitrogens with two attached hydrogens (primary N) is 2. The summed E-state index contributed by atoms with van der Waals surface area (Å²) in [4.78, 5) is 12.2. The summed E-state index contributed by atoms with van der Waals surface area (Å²) < 4.78 is 0. The van der Waals surface area contributed by atoms with E-state index in [1.807, 2.05) is 0 Å². The fourth-order valence-electron chi connectivity index (χ4n) is 2.44. The van der Waals surface area contributed by atoms with Gasteiger partial charge in [-0.2, -0.15) is 15.3 Å². The van der Waals surface area contributed by atoms with Crippen molar-refractivity contribution in [3.05, 3.63) is 11.8 Å². The Morgan fingerprint density at radius 3 is 2.29 bits per heavy atom. The monoisotopic (exact) mass is 234 g/mol. The summed E-state index contributed by atoms with van der Waals surface area (Å²) in [5.74, 6) is 10.3. The molecular weight excluding hydrogens is 220 g/mol. The predicted molar refractivity (Wildman–Crippen MR) is 62.4 cm³/mol. The Bertz CT molecular complexity index is 451. The molecule has 0 aliphatic heterocycles. The van der Waals surface area contributed by atoms with Gasteiger partial charge in [-0.15, -0.1) is 0 Å². The summed E-state index contributed by atoms with van der Waals surface area (Å²) in [6.45, 7) is 0. The van der Waals surface area contributed by atoms with Gasteiger partial charge in [0.15, 0.2) is 11.5 Å². The van der Waals surface area contributed by atoms with Crippen LogP contribution in [-0.4, -0.2) is 17.2 Å². The maximum absolute atomic E-state index is 12.2. The zero-order valence-corrected chi connectivity index (χ0v) is 9.31. The van der Waals surface area contributed by atoms with E-state index in [0.29, 0.717) is 25.7 Å². The molecule has 17 heavy (non-hydrogen) atoms. The van der Waals surface area contributed by atoms with Crippen LogP contribution in [0.25, 0.3) is 0 Å². The quantitative estimate of drug-likeness (QED) is 0.350. The average molecular weight is 234 g/mol. The van der Waals surface area contributed by atoms with E-state index in [0.717, 1.165) is 5.71 Å². The maximum atomic E-state index is 12.2. The molecular formula is C10H14N6O. The zero-order valence-electron chi connectivity index (χ0n) is 9.31. The second-order valence-electron chi connectivity index (χ2n) is 4.30. The van der Waals surface area contributed by atoms with Crippen molar-refractivity contribution in [2.75, 3.05) is 0 Å². The molecule has 0 saturated heterocycles. The van der Waals surface area contributed by atoms with Gasteiger partial charge in [-0.05, 0) is 31.8 Å². The lowest BCUT2D eigenvalue weighted by Gasteiger charge is -2.29. The Kier molecular flexibility index (Phi) is 2.74. The highest BCUT2D eigenvalue weighted by molar-refractivity contribution is 6.50. The van der Waals surface area contributed by atoms with Gasteiger partial charge in [0, 0.05) is 5.71 Å². The van der Waals surface area contributed by atoms with E-state index in [1.165, 1.54) is 0 Å². The number of hydrogen-bond donors (Lipinski definition) is 3. The number of carbonyl (C=O) groups excluding carboxylic acids is 1. The van der Waals surface area contributed by atoms with Crippen LogP contribution in [0.3, 0.4) is 0 Å². The van der Waals surface area contributed by atoms with Crippen molar-refractivity contribution in [3.8, 4) is 0 Å². The number of Topliss-reactive ketones (excluding diaryl/α,β-unsaturated/α-hetero) is 1. The Labute approximate surface area is 98.1 Å². The highest BCUT2D eigenvalue weighted by Gasteiger charge is 2.47. The molecule has 1 fully saturated rings. The molecule has 0 atom stereocenters. The molecule has 7 nitrogen and oxygen atoms in total. The molecule has 0 aromatic carbocycles. The lowest BCUT2D eigenvalue weighted by atomic mass is 9.72. The number of nitrogens with zero attached hydrogens (tertiary/aromatic N) is 3. The van der Waals surface area contributed by atoms with Gasteiger partial charge in [-0.25, -0.2) is 5.53 Å². The van der Waals surface area contributed by atoms with Crippen molar-refractivity contribution in [2.45, 2.75) is 25.7 Å². The predicted octanol–water partition coefficient (Wildman–Crippen LogP) is 0.674. The maximum Gasteiger partial charge on any atom is 0.195 e. The summed E-state index contributed by atoms with van der Waals surface area (Å²) in [6, 6.07) is 0. The standard InChI is InChI=1S/C10H14N6O/c11-14-6-1-3-10(4-2-6)5-7(15-12)8(16-13)9(10)17/h5,12H,1-4,11,13H2. The van der Waals surface area contributed by atoms with E-state index < -0.39 is 5.41 Å². The van der Waals surface area contributed by atoms with E-state index in [9.17, 15) is 4.79 Å². The highest BCUT2D eigenvalue weighted by Crippen LogP contribution is 2.43. The highest BCUT2D eigenvalue weighted by atomic mass is 16.1. The molecule has 0 aromatic rings. The van der Waals surface area contributed by atoms with Crippen LogP contribution >= 0.6 is 0 Å². The van der Waals surface area contributed by atoms with Gasteiger partial charge in [-0.1, -0.05) is 0 Å². The van der Waals surface area contributed by atoms with E-state index in [4.69, 9.17) is 17.2 Å². The summed E-state index contributed by atoms with van der Waals surface area (Å²) in [5, 5.41) is 10.4. The minimum atomic E-state index is -0.605. The number of nitrogens with one attached hydrogen (secondary N) is 1. The van der Waals surface area contributed by atoms with Crippen molar-refractivity contribution in [1.29, 1.82) is 5.53 Å². The second-order valence-corrected chi connectivity index (χ2v) is 4.30. The molecule has 1 spiro atoms. The van der Waals surface area contributed by atoms with Gasteiger partial charge in [0.25, 0.3) is 0 Å². The van der Waals surface area contributed by atoms with Crippen molar-refractivity contribution in [2.24, 2.45) is 32.4 Å². The number of hydrazone groups is 2. The fourth-order valence-corrected chi connectivity index (χ4v) is 2.44. The number of ketones is 1. The van der Waals surface area contributed by atoms with E-state index in [2.05, 4.69) is 15.3 Å². The van der Waals surface area contributed by atoms with Crippen LogP contribution in [0.4, 0.5) is 0 Å². The Morgan fingerprint density at radius 1 is 1.24 bits per heavy atom. The van der Waals surface area contributed by atoms with Gasteiger partial charge in [-0.3, -0.25) is 4.79 Å². The smallest absolute Gasteiger partial charge is 0.195 e. The molecule has 90 valence electrons. The number of hydrogen-bond acceptors (Lipinski definition) is 7. The summed E-state index contributed by atoms with van der Waals surface area (Å²) >= 11 is 0. The molecule has 0 aromatic heterocycles. The normalized spacial score (nSPS) is 30.8. The van der Waals surface area contributed by atoms with Crippen molar-refractivity contribution >= 4 is 17.2 Å². The molecule has 2 aliphatic rings. The number of carbonyl (C=O) groups is 1. The Hall–Kier alpha value is -2.05. The third-order valence-electron chi connectivity index (χ3n) is 3.47. The summed E-state index contributed by atoms with van der Waals surface area (Å²) in [6.07, 6.45) is 4.32. The van der Waals surface area contributed by atoms with Crippen LogP contribution in [0.1, 0.15) is 25.7 Å². The SMILES string of the molecule is N=NC1=CC2(CCC(=NN)CC2)C(=O)C1=NN. The molecule has 0 heterocycles. The van der Waals surface area contributed by atoms with Gasteiger partial charge < -0.3 is 11.7 Å². The number of rotatable bonds is 1. The average Bonchev–Trinajstić information content (AvgIpc) is 2.63. The molecule has 2 rings (SSSR count). The van der Waals surface area contributed by atoms with E-state index in [-0.39, 0.29) is 17.2 Å². The molecule has 5 N–H and O–H groups in total. The topological polar surface area (TPSA) is 130 Å². The van der Waals surface area contributed by atoms with Gasteiger partial charge >= 0.3 is 0 Å². The van der Waals surface area contributed by atoms with Crippen LogP contribution in [-0.2, 0) is 4.79 Å². The molecule has 0 amide bonds. The molecule has 0 unspecified atom stereocenters. The van der Waals surface area contributed by atoms with Gasteiger partial charge in [0.2, 0.25) is 0 Å². The third-order valence-corrected chi connectivity index (χ3v) is 3.47. The second kappa shape index (κ2) is 4.08. The zero-order chi connectivity index (χ0) is 12.5. The lowest BCUT2D eigenvalue weighted by molar-refractivity contribution is -0.119. The van der Waals surface area contributed by atoms with Crippen LogP contribution in [0.15, 0.2) is 27.1 Å². The van der Waals surface area contributed by atoms with Crippen LogP contribution in [0.2, 0.25) is 0 Å². The van der Waals surface area contributed by atoms with Crippen LogP contribution in [0, 0.1) is 10.9 Å². The Balaban J connectivity index is 2.32. The molecule has 7 heteroatoms. The first-order valence-electron chi connectivity index (χ1n) is 5.36. The number of allylic oxidation sites excluding steroid dienone is 2. The fraction of sp³-hybridized carbons (Fsp3) is 0.500. The van der Waals surface area contributed by atoms with E-state index >= 15 is 0 Å². The minimum absolute atomic E-state index is 0.105. The molecule has 2 aliphatic carbocycles. The van der Waals surface area contributed by atoms with Gasteiger partial charge in [0.05, 0.1) is 5.41 Å². The first-order chi connectivity index (χ1) is 8.16. The van der Waals surface area contributed by atoms with Crippen LogP contribution < -0.4 is 11.7 Å². The van der Waals surface area contributed by atoms with Gasteiger partial charge in [0.1, 0.15) is 5.70 Å². The van der Waals surface area contributed by atoms with Crippen molar-refractivity contribution in [1.82, 2.24) is 0 Å². The van der Waals surface area contributed by atoms with E-state index in [1.54, 1.807) is 6.08 Å². The first kappa shape index (κ1) is 11.4.